The van der Waals surface area contributed by atoms with E-state index < -0.39 is 18.2 Å². The summed E-state index contributed by atoms with van der Waals surface area (Å²) in [6, 6.07) is 11.5. The van der Waals surface area contributed by atoms with Gasteiger partial charge in [-0.05, 0) is 98.7 Å². The molecule has 0 aliphatic heterocycles. The average Bonchev–Trinajstić information content (AvgIpc) is 2.80. The topological polar surface area (TPSA) is 60.4 Å². The van der Waals surface area contributed by atoms with Crippen molar-refractivity contribution in [2.24, 2.45) is 5.92 Å². The van der Waals surface area contributed by atoms with Crippen LogP contribution in [0, 0.1) is 47.5 Å². The summed E-state index contributed by atoms with van der Waals surface area (Å²) in [6.45, 7) is 21.8. The van der Waals surface area contributed by atoms with Crippen LogP contribution in [0.3, 0.4) is 0 Å². The van der Waals surface area contributed by atoms with Crippen molar-refractivity contribution in [3.05, 3.63) is 92.0 Å². The number of carbonyl (C=O) groups excluding carboxylic acids is 2. The number of hydrogen-bond acceptors (Lipinski definition) is 4. The Balaban J connectivity index is 2.55. The van der Waals surface area contributed by atoms with Gasteiger partial charge in [-0.1, -0.05) is 76.1 Å². The summed E-state index contributed by atoms with van der Waals surface area (Å²) in [5, 5.41) is 0.201. The molecule has 0 N–H and O–H groups in total. The van der Waals surface area contributed by atoms with Gasteiger partial charge in [-0.3, -0.25) is 9.59 Å². The highest BCUT2D eigenvalue weighted by Gasteiger charge is 2.47. The Bertz CT molecular complexity index is 1420. The number of methoxy groups -OCH3 is 1. The molecule has 0 aliphatic carbocycles. The molecule has 40 heavy (non-hydrogen) atoms. The lowest BCUT2D eigenvalue weighted by Gasteiger charge is -2.28. The molecule has 0 saturated carbocycles. The molecule has 0 unspecified atom stereocenters. The van der Waals surface area contributed by atoms with Gasteiger partial charge in [-0.25, -0.2) is 0 Å². The largest absolute Gasteiger partial charge is 0.496 e. The number of aryl methyl sites for hydroxylation is 6. The van der Waals surface area contributed by atoms with Crippen molar-refractivity contribution in [1.29, 1.82) is 0 Å². The summed E-state index contributed by atoms with van der Waals surface area (Å²) in [5.41, 5.74) is 5.73. The molecule has 0 aliphatic rings. The zero-order chi connectivity index (χ0) is 30.3. The molecule has 3 aromatic rings. The molecule has 3 rings (SSSR count). The fraction of sp³-hybridized carbons (Fsp3) is 0.429. The van der Waals surface area contributed by atoms with Crippen LogP contribution in [-0.2, 0) is 16.4 Å². The molecule has 4 nitrogen and oxygen atoms in total. The summed E-state index contributed by atoms with van der Waals surface area (Å²) >= 11 is 0. The summed E-state index contributed by atoms with van der Waals surface area (Å²) in [7, 11) is -2.93. The third-order valence-electron chi connectivity index (χ3n) is 7.54. The van der Waals surface area contributed by atoms with Gasteiger partial charge in [0.15, 0.2) is 0 Å². The molecule has 3 aromatic carbocycles. The Morgan fingerprint density at radius 2 is 1.15 bits per heavy atom. The minimum Gasteiger partial charge on any atom is -0.496 e. The lowest BCUT2D eigenvalue weighted by molar-refractivity contribution is 0.104. The molecule has 0 amide bonds. The molecule has 214 valence electrons. The summed E-state index contributed by atoms with van der Waals surface area (Å²) in [4.78, 5) is 29.5. The Kier molecular flexibility index (Phi) is 9.06. The molecule has 5 heteroatoms. The smallest absolute Gasteiger partial charge is 0.252 e. The fourth-order valence-corrected chi connectivity index (χ4v) is 8.63. The van der Waals surface area contributed by atoms with Gasteiger partial charge in [0.1, 0.15) is 5.75 Å². The van der Waals surface area contributed by atoms with E-state index in [1.807, 2.05) is 65.8 Å². The number of carbonyl (C=O) groups is 2. The van der Waals surface area contributed by atoms with E-state index in [9.17, 15) is 9.59 Å². The van der Waals surface area contributed by atoms with Crippen LogP contribution in [-0.4, -0.2) is 18.2 Å². The monoisotopic (exact) mass is 560 g/mol. The third kappa shape index (κ3) is 5.88. The SMILES string of the molecule is COc1c(CC(C)C)cc(C(C)(C)C)cc1P(=O)(C(=O)c1c(C)cc(C)cc1C)C(=O)c1c(C)cc(C)cc1C. The quantitative estimate of drug-likeness (QED) is 0.259. The highest BCUT2D eigenvalue weighted by atomic mass is 31.2. The maximum absolute atomic E-state index is 15.7. The molecule has 0 saturated heterocycles. The first kappa shape index (κ1) is 31.6. The number of ether oxygens (including phenoxy) is 1. The molecular weight excluding hydrogens is 515 g/mol. The van der Waals surface area contributed by atoms with Crippen molar-refractivity contribution in [1.82, 2.24) is 0 Å². The molecule has 0 spiro atoms. The third-order valence-corrected chi connectivity index (χ3v) is 10.1. The van der Waals surface area contributed by atoms with Gasteiger partial charge in [0, 0.05) is 11.1 Å². The van der Waals surface area contributed by atoms with Crippen LogP contribution in [0.5, 0.6) is 5.75 Å². The van der Waals surface area contributed by atoms with Gasteiger partial charge in [-0.2, -0.15) is 0 Å². The molecule has 0 heterocycles. The van der Waals surface area contributed by atoms with E-state index in [0.29, 0.717) is 45.6 Å². The Hall–Kier alpha value is -2.97. The second kappa shape index (κ2) is 11.5. The number of hydrogen-bond donors (Lipinski definition) is 0. The molecule has 0 radical (unpaired) electrons. The van der Waals surface area contributed by atoms with E-state index in [2.05, 4.69) is 40.7 Å². The van der Waals surface area contributed by atoms with Crippen LogP contribution in [0.2, 0.25) is 0 Å². The van der Waals surface area contributed by atoms with Gasteiger partial charge in [0.2, 0.25) is 11.0 Å². The van der Waals surface area contributed by atoms with Crippen LogP contribution in [0.15, 0.2) is 36.4 Å². The minimum atomic E-state index is -4.46. The van der Waals surface area contributed by atoms with Crippen molar-refractivity contribution in [2.75, 3.05) is 7.11 Å². The van der Waals surface area contributed by atoms with Gasteiger partial charge < -0.3 is 9.30 Å². The zero-order valence-corrected chi connectivity index (χ0v) is 27.2. The fourth-order valence-electron chi connectivity index (χ4n) is 5.83. The lowest BCUT2D eigenvalue weighted by atomic mass is 9.85. The predicted molar refractivity (Wildman–Crippen MR) is 167 cm³/mol. The van der Waals surface area contributed by atoms with Crippen LogP contribution in [0.4, 0.5) is 0 Å². The lowest BCUT2D eigenvalue weighted by Crippen LogP contribution is -2.27. The van der Waals surface area contributed by atoms with Gasteiger partial charge >= 0.3 is 0 Å². The first-order chi connectivity index (χ1) is 18.4. The predicted octanol–water partition coefficient (Wildman–Crippen LogP) is 8.71. The maximum atomic E-state index is 15.7. The Labute approximate surface area is 240 Å². The van der Waals surface area contributed by atoms with Crippen molar-refractivity contribution >= 4 is 23.5 Å². The first-order valence-corrected chi connectivity index (χ1v) is 15.7. The van der Waals surface area contributed by atoms with E-state index in [1.54, 1.807) is 6.07 Å². The minimum absolute atomic E-state index is 0.201. The van der Waals surface area contributed by atoms with E-state index >= 15 is 4.57 Å². The van der Waals surface area contributed by atoms with Gasteiger partial charge in [0.05, 0.1) is 12.4 Å². The van der Waals surface area contributed by atoms with E-state index in [4.69, 9.17) is 4.74 Å². The molecule has 0 atom stereocenters. The normalized spacial score (nSPS) is 12.1. The summed E-state index contributed by atoms with van der Waals surface area (Å²) < 4.78 is 21.7. The van der Waals surface area contributed by atoms with Crippen LogP contribution in [0.1, 0.15) is 99.8 Å². The second-order valence-electron chi connectivity index (χ2n) is 12.8. The molecule has 0 aromatic heterocycles. The highest BCUT2D eigenvalue weighted by Crippen LogP contribution is 2.55. The molecular formula is C35H45O4P. The molecule has 0 bridgehead atoms. The standard InChI is InChI=1S/C35H45O4P/c1-20(2)13-27-18-28(35(9,10)11)19-29(32(27)39-12)40(38,33(36)30-23(5)14-21(3)15-24(30)6)34(37)31-25(7)16-22(4)17-26(31)8/h14-20H,13H2,1-12H3. The molecule has 0 fully saturated rings. The van der Waals surface area contributed by atoms with Crippen molar-refractivity contribution in [2.45, 2.75) is 88.0 Å². The van der Waals surface area contributed by atoms with Gasteiger partial charge in [-0.15, -0.1) is 0 Å². The highest BCUT2D eigenvalue weighted by molar-refractivity contribution is 8.01. The van der Waals surface area contributed by atoms with Crippen LogP contribution in [0.25, 0.3) is 0 Å². The Morgan fingerprint density at radius 1 is 0.750 bits per heavy atom. The maximum Gasteiger partial charge on any atom is 0.252 e. The van der Waals surface area contributed by atoms with E-state index in [-0.39, 0.29) is 16.6 Å². The first-order valence-electron chi connectivity index (χ1n) is 14.0. The van der Waals surface area contributed by atoms with Crippen molar-refractivity contribution in [3.63, 3.8) is 0 Å². The van der Waals surface area contributed by atoms with Crippen LogP contribution >= 0.6 is 7.14 Å². The summed E-state index contributed by atoms with van der Waals surface area (Å²) in [6.07, 6.45) is 0.660. The Morgan fingerprint density at radius 3 is 1.48 bits per heavy atom. The second-order valence-corrected chi connectivity index (χ2v) is 15.3. The summed E-state index contributed by atoms with van der Waals surface area (Å²) in [5.74, 6) is 0.655. The zero-order valence-electron chi connectivity index (χ0n) is 26.3. The number of rotatable bonds is 8. The number of benzene rings is 3. The average molecular weight is 561 g/mol. The van der Waals surface area contributed by atoms with Gasteiger partial charge in [0.25, 0.3) is 7.14 Å². The van der Waals surface area contributed by atoms with E-state index in [0.717, 1.165) is 22.3 Å². The van der Waals surface area contributed by atoms with Crippen molar-refractivity contribution in [3.8, 4) is 5.75 Å². The van der Waals surface area contributed by atoms with Crippen molar-refractivity contribution < 1.29 is 18.9 Å². The van der Waals surface area contributed by atoms with Crippen LogP contribution < -0.4 is 10.0 Å². The van der Waals surface area contributed by atoms with E-state index in [1.165, 1.54) is 7.11 Å².